The van der Waals surface area contributed by atoms with Crippen LogP contribution in [0.25, 0.3) is 0 Å². The summed E-state index contributed by atoms with van der Waals surface area (Å²) < 4.78 is 1.76. The molecule has 1 aromatic carbocycles. The van der Waals surface area contributed by atoms with Gasteiger partial charge in [-0.25, -0.2) is 0 Å². The van der Waals surface area contributed by atoms with Gasteiger partial charge in [0, 0.05) is 15.5 Å². The van der Waals surface area contributed by atoms with Crippen molar-refractivity contribution in [2.45, 2.75) is 32.1 Å². The van der Waals surface area contributed by atoms with Crippen molar-refractivity contribution in [1.29, 1.82) is 0 Å². The van der Waals surface area contributed by atoms with Crippen LogP contribution in [0.4, 0.5) is 0 Å². The molecule has 98 valence electrons. The second-order valence-corrected chi connectivity index (χ2v) is 6.61. The Morgan fingerprint density at radius 2 is 1.94 bits per heavy atom. The van der Waals surface area contributed by atoms with E-state index in [9.17, 15) is 4.79 Å². The largest absolute Gasteiger partial charge is 0.352 e. The molecule has 0 spiro atoms. The van der Waals surface area contributed by atoms with E-state index in [2.05, 4.69) is 37.2 Å². The summed E-state index contributed by atoms with van der Waals surface area (Å²) in [6.07, 6.45) is 6.46. The van der Waals surface area contributed by atoms with E-state index in [4.69, 9.17) is 0 Å². The highest BCUT2D eigenvalue weighted by molar-refractivity contribution is 9.11. The molecule has 0 heterocycles. The monoisotopic (exact) mass is 373 g/mol. The van der Waals surface area contributed by atoms with E-state index in [1.165, 1.54) is 32.1 Å². The Hall–Kier alpha value is -0.350. The quantitative estimate of drug-likeness (QED) is 0.827. The molecule has 0 aliphatic heterocycles. The fraction of sp³-hybridized carbons (Fsp3) is 0.500. The van der Waals surface area contributed by atoms with Gasteiger partial charge in [0.05, 0.1) is 5.56 Å². The van der Waals surface area contributed by atoms with E-state index in [-0.39, 0.29) is 5.91 Å². The van der Waals surface area contributed by atoms with Crippen molar-refractivity contribution >= 4 is 37.8 Å². The van der Waals surface area contributed by atoms with Gasteiger partial charge in [-0.3, -0.25) is 4.79 Å². The SMILES string of the molecule is O=C(NCC1CCCCC1)c1cc(Br)ccc1Br. The molecule has 2 nitrogen and oxygen atoms in total. The second-order valence-electron chi connectivity index (χ2n) is 4.84. The number of halogens is 2. The molecule has 0 unspecified atom stereocenters. The number of amides is 1. The maximum Gasteiger partial charge on any atom is 0.252 e. The Kier molecular flexibility index (Phi) is 5.25. The first kappa shape index (κ1) is 14.1. The van der Waals surface area contributed by atoms with Gasteiger partial charge in [0.1, 0.15) is 0 Å². The second kappa shape index (κ2) is 6.71. The molecule has 1 N–H and O–H groups in total. The van der Waals surface area contributed by atoms with Crippen molar-refractivity contribution in [3.8, 4) is 0 Å². The number of nitrogens with one attached hydrogen (secondary N) is 1. The Morgan fingerprint density at radius 1 is 1.22 bits per heavy atom. The minimum Gasteiger partial charge on any atom is -0.352 e. The molecule has 4 heteroatoms. The molecule has 1 saturated carbocycles. The summed E-state index contributed by atoms with van der Waals surface area (Å²) >= 11 is 6.81. The van der Waals surface area contributed by atoms with Crippen LogP contribution in [0.2, 0.25) is 0 Å². The average molecular weight is 375 g/mol. The normalized spacial score (nSPS) is 16.6. The molecule has 1 aliphatic rings. The smallest absolute Gasteiger partial charge is 0.252 e. The first-order valence-electron chi connectivity index (χ1n) is 6.40. The van der Waals surface area contributed by atoms with Gasteiger partial charge in [0.2, 0.25) is 0 Å². The standard InChI is InChI=1S/C14H17Br2NO/c15-11-6-7-13(16)12(8-11)14(18)17-9-10-4-2-1-3-5-10/h6-8,10H,1-5,9H2,(H,17,18). The molecule has 1 fully saturated rings. The van der Waals surface area contributed by atoms with E-state index in [0.29, 0.717) is 11.5 Å². The number of carbonyl (C=O) groups is 1. The third-order valence-corrected chi connectivity index (χ3v) is 4.63. The predicted octanol–water partition coefficient (Wildman–Crippen LogP) is 4.52. The van der Waals surface area contributed by atoms with Crippen molar-refractivity contribution in [3.05, 3.63) is 32.7 Å². The number of hydrogen-bond acceptors (Lipinski definition) is 1. The summed E-state index contributed by atoms with van der Waals surface area (Å²) in [5.41, 5.74) is 0.695. The number of hydrogen-bond donors (Lipinski definition) is 1. The van der Waals surface area contributed by atoms with Gasteiger partial charge in [-0.1, -0.05) is 35.2 Å². The summed E-state index contributed by atoms with van der Waals surface area (Å²) in [4.78, 5) is 12.1. The molecule has 1 aliphatic carbocycles. The minimum atomic E-state index is 0.00810. The zero-order valence-electron chi connectivity index (χ0n) is 10.2. The molecule has 0 bridgehead atoms. The number of rotatable bonds is 3. The van der Waals surface area contributed by atoms with Gasteiger partial charge in [0.15, 0.2) is 0 Å². The fourth-order valence-corrected chi connectivity index (χ4v) is 3.18. The molecule has 0 saturated heterocycles. The Labute approximate surface area is 125 Å². The van der Waals surface area contributed by atoms with Gasteiger partial charge in [-0.05, 0) is 52.9 Å². The summed E-state index contributed by atoms with van der Waals surface area (Å²) in [6, 6.07) is 5.65. The summed E-state index contributed by atoms with van der Waals surface area (Å²) in [6.45, 7) is 0.803. The van der Waals surface area contributed by atoms with Crippen molar-refractivity contribution < 1.29 is 4.79 Å². The molecule has 2 rings (SSSR count). The zero-order valence-corrected chi connectivity index (χ0v) is 13.4. The van der Waals surface area contributed by atoms with E-state index in [1.807, 2.05) is 18.2 Å². The lowest BCUT2D eigenvalue weighted by Crippen LogP contribution is -2.30. The van der Waals surface area contributed by atoms with Crippen LogP contribution >= 0.6 is 31.9 Å². The number of benzene rings is 1. The summed E-state index contributed by atoms with van der Waals surface area (Å²) in [7, 11) is 0. The number of carbonyl (C=O) groups excluding carboxylic acids is 1. The molecule has 0 atom stereocenters. The van der Waals surface area contributed by atoms with Crippen LogP contribution in [-0.4, -0.2) is 12.5 Å². The molecule has 1 amide bonds. The first-order valence-corrected chi connectivity index (χ1v) is 7.98. The lowest BCUT2D eigenvalue weighted by molar-refractivity contribution is 0.0942. The average Bonchev–Trinajstić information content (AvgIpc) is 2.40. The van der Waals surface area contributed by atoms with E-state index >= 15 is 0 Å². The van der Waals surface area contributed by atoms with Crippen LogP contribution in [0.1, 0.15) is 42.5 Å². The predicted molar refractivity (Wildman–Crippen MR) is 80.8 cm³/mol. The van der Waals surface area contributed by atoms with Gasteiger partial charge < -0.3 is 5.32 Å². The lowest BCUT2D eigenvalue weighted by atomic mass is 9.89. The minimum absolute atomic E-state index is 0.00810. The van der Waals surface area contributed by atoms with E-state index < -0.39 is 0 Å². The maximum atomic E-state index is 12.1. The zero-order chi connectivity index (χ0) is 13.0. The molecular weight excluding hydrogens is 358 g/mol. The van der Waals surface area contributed by atoms with Crippen molar-refractivity contribution in [2.24, 2.45) is 5.92 Å². The topological polar surface area (TPSA) is 29.1 Å². The third-order valence-electron chi connectivity index (χ3n) is 3.45. The van der Waals surface area contributed by atoms with E-state index in [0.717, 1.165) is 15.5 Å². The van der Waals surface area contributed by atoms with Crippen molar-refractivity contribution in [3.63, 3.8) is 0 Å². The first-order chi connectivity index (χ1) is 8.66. The third kappa shape index (κ3) is 3.82. The van der Waals surface area contributed by atoms with Crippen LogP contribution < -0.4 is 5.32 Å². The van der Waals surface area contributed by atoms with Crippen LogP contribution in [0.3, 0.4) is 0 Å². The summed E-state index contributed by atoms with van der Waals surface area (Å²) in [5.74, 6) is 0.669. The van der Waals surface area contributed by atoms with Gasteiger partial charge in [-0.2, -0.15) is 0 Å². The Balaban J connectivity index is 1.92. The van der Waals surface area contributed by atoms with E-state index in [1.54, 1.807) is 0 Å². The Bertz CT molecular complexity index is 428. The van der Waals surface area contributed by atoms with Crippen molar-refractivity contribution in [2.75, 3.05) is 6.54 Å². The van der Waals surface area contributed by atoms with Crippen LogP contribution in [0, 0.1) is 5.92 Å². The highest BCUT2D eigenvalue weighted by Gasteiger charge is 2.16. The highest BCUT2D eigenvalue weighted by Crippen LogP contribution is 2.24. The van der Waals surface area contributed by atoms with Crippen LogP contribution in [0.15, 0.2) is 27.1 Å². The van der Waals surface area contributed by atoms with Gasteiger partial charge in [0.25, 0.3) is 5.91 Å². The Morgan fingerprint density at radius 3 is 2.67 bits per heavy atom. The molecule has 1 aromatic rings. The van der Waals surface area contributed by atoms with Crippen LogP contribution in [0.5, 0.6) is 0 Å². The maximum absolute atomic E-state index is 12.1. The molecular formula is C14H17Br2NO. The van der Waals surface area contributed by atoms with Crippen LogP contribution in [-0.2, 0) is 0 Å². The van der Waals surface area contributed by atoms with Crippen molar-refractivity contribution in [1.82, 2.24) is 5.32 Å². The molecule has 18 heavy (non-hydrogen) atoms. The molecule has 0 aromatic heterocycles. The molecule has 0 radical (unpaired) electrons. The summed E-state index contributed by atoms with van der Waals surface area (Å²) in [5, 5.41) is 3.05. The van der Waals surface area contributed by atoms with Gasteiger partial charge in [-0.15, -0.1) is 0 Å². The fourth-order valence-electron chi connectivity index (χ4n) is 2.40. The highest BCUT2D eigenvalue weighted by atomic mass is 79.9. The lowest BCUT2D eigenvalue weighted by Gasteiger charge is -2.21. The van der Waals surface area contributed by atoms with Gasteiger partial charge >= 0.3 is 0 Å².